The van der Waals surface area contributed by atoms with E-state index < -0.39 is 16.6 Å². The normalized spacial score (nSPS) is 12.9. The molecule has 0 aromatic heterocycles. The van der Waals surface area contributed by atoms with Gasteiger partial charge in [0, 0.05) is 6.26 Å². The zero-order chi connectivity index (χ0) is 8.43. The van der Waals surface area contributed by atoms with Gasteiger partial charge >= 0.3 is 0 Å². The third-order valence-electron chi connectivity index (χ3n) is 1.22. The van der Waals surface area contributed by atoms with Crippen LogP contribution in [-0.2, 0) is 10.8 Å². The SMILES string of the molecule is CS(=O)c1cc(O)ccc1F. The molecular weight excluding hydrogens is 167 g/mol. The number of phenols is 1. The van der Waals surface area contributed by atoms with Gasteiger partial charge in [0.25, 0.3) is 0 Å². The van der Waals surface area contributed by atoms with Crippen LogP contribution in [0.5, 0.6) is 5.75 Å². The fourth-order valence-electron chi connectivity index (χ4n) is 0.712. The molecule has 1 rings (SSSR count). The van der Waals surface area contributed by atoms with Gasteiger partial charge in [0.1, 0.15) is 11.6 Å². The number of hydrogen-bond donors (Lipinski definition) is 1. The van der Waals surface area contributed by atoms with Crippen molar-refractivity contribution in [1.82, 2.24) is 0 Å². The molecule has 0 aliphatic carbocycles. The monoisotopic (exact) mass is 174 g/mol. The smallest absolute Gasteiger partial charge is 0.139 e. The zero-order valence-electron chi connectivity index (χ0n) is 5.87. The first-order valence-electron chi connectivity index (χ1n) is 2.93. The van der Waals surface area contributed by atoms with Gasteiger partial charge in [0.15, 0.2) is 0 Å². The second kappa shape index (κ2) is 3.00. The highest BCUT2D eigenvalue weighted by Gasteiger charge is 2.05. The summed E-state index contributed by atoms with van der Waals surface area (Å²) in [6.07, 6.45) is 1.36. The minimum Gasteiger partial charge on any atom is -0.508 e. The van der Waals surface area contributed by atoms with Crippen molar-refractivity contribution >= 4 is 10.8 Å². The highest BCUT2D eigenvalue weighted by Crippen LogP contribution is 2.17. The van der Waals surface area contributed by atoms with E-state index in [4.69, 9.17) is 5.11 Å². The van der Waals surface area contributed by atoms with E-state index in [1.54, 1.807) is 0 Å². The van der Waals surface area contributed by atoms with Gasteiger partial charge in [-0.15, -0.1) is 0 Å². The molecule has 11 heavy (non-hydrogen) atoms. The van der Waals surface area contributed by atoms with Gasteiger partial charge in [0.2, 0.25) is 0 Å². The minimum atomic E-state index is -1.39. The summed E-state index contributed by atoms with van der Waals surface area (Å²) >= 11 is 0. The summed E-state index contributed by atoms with van der Waals surface area (Å²) in [4.78, 5) is 0.0324. The predicted molar refractivity (Wildman–Crippen MR) is 40.4 cm³/mol. The van der Waals surface area contributed by atoms with Crippen molar-refractivity contribution in [2.75, 3.05) is 6.26 Å². The molecule has 0 spiro atoms. The molecule has 0 aliphatic heterocycles. The van der Waals surface area contributed by atoms with E-state index in [0.717, 1.165) is 12.1 Å². The van der Waals surface area contributed by atoms with Crippen molar-refractivity contribution in [3.63, 3.8) is 0 Å². The van der Waals surface area contributed by atoms with E-state index >= 15 is 0 Å². The number of halogens is 1. The summed E-state index contributed by atoms with van der Waals surface area (Å²) in [6, 6.07) is 3.46. The number of benzene rings is 1. The van der Waals surface area contributed by atoms with Gasteiger partial charge < -0.3 is 5.11 Å². The molecule has 0 bridgehead atoms. The van der Waals surface area contributed by atoms with E-state index in [1.807, 2.05) is 0 Å². The Bertz CT molecular complexity index is 298. The van der Waals surface area contributed by atoms with E-state index in [0.29, 0.717) is 0 Å². The van der Waals surface area contributed by atoms with Gasteiger partial charge in [-0.1, -0.05) is 0 Å². The van der Waals surface area contributed by atoms with Crippen LogP contribution in [0.15, 0.2) is 23.1 Å². The largest absolute Gasteiger partial charge is 0.508 e. The molecule has 4 heteroatoms. The van der Waals surface area contributed by atoms with Crippen LogP contribution in [0.1, 0.15) is 0 Å². The maximum Gasteiger partial charge on any atom is 0.139 e. The number of rotatable bonds is 1. The van der Waals surface area contributed by atoms with E-state index in [1.165, 1.54) is 12.3 Å². The lowest BCUT2D eigenvalue weighted by molar-refractivity contribution is 0.469. The molecule has 1 aromatic rings. The summed E-state index contributed by atoms with van der Waals surface area (Å²) < 4.78 is 23.5. The minimum absolute atomic E-state index is 0.0324. The molecule has 1 N–H and O–H groups in total. The van der Waals surface area contributed by atoms with Gasteiger partial charge in [0.05, 0.1) is 15.7 Å². The van der Waals surface area contributed by atoms with Crippen molar-refractivity contribution in [3.05, 3.63) is 24.0 Å². The van der Waals surface area contributed by atoms with Crippen LogP contribution in [0, 0.1) is 5.82 Å². The Morgan fingerprint density at radius 3 is 2.64 bits per heavy atom. The maximum absolute atomic E-state index is 12.7. The van der Waals surface area contributed by atoms with Gasteiger partial charge in [-0.05, 0) is 18.2 Å². The number of aromatic hydroxyl groups is 1. The van der Waals surface area contributed by atoms with Crippen LogP contribution in [0.3, 0.4) is 0 Å². The highest BCUT2D eigenvalue weighted by atomic mass is 32.2. The first-order valence-corrected chi connectivity index (χ1v) is 4.49. The molecule has 0 aliphatic rings. The van der Waals surface area contributed by atoms with Crippen LogP contribution in [0.4, 0.5) is 4.39 Å². The summed E-state index contributed by atoms with van der Waals surface area (Å²) in [5.41, 5.74) is 0. The number of hydrogen-bond acceptors (Lipinski definition) is 2. The van der Waals surface area contributed by atoms with Crippen molar-refractivity contribution in [2.45, 2.75) is 4.90 Å². The lowest BCUT2D eigenvalue weighted by atomic mass is 10.3. The van der Waals surface area contributed by atoms with Crippen molar-refractivity contribution < 1.29 is 13.7 Å². The van der Waals surface area contributed by atoms with Gasteiger partial charge in [-0.3, -0.25) is 4.21 Å². The Labute approximate surface area is 66.1 Å². The highest BCUT2D eigenvalue weighted by molar-refractivity contribution is 7.84. The van der Waals surface area contributed by atoms with Gasteiger partial charge in [-0.25, -0.2) is 4.39 Å². The molecule has 1 aromatic carbocycles. The topological polar surface area (TPSA) is 37.3 Å². The van der Waals surface area contributed by atoms with E-state index in [2.05, 4.69) is 0 Å². The van der Waals surface area contributed by atoms with E-state index in [9.17, 15) is 8.60 Å². The molecule has 0 fully saturated rings. The standard InChI is InChI=1S/C7H7FO2S/c1-11(10)7-4-5(9)2-3-6(7)8/h2-4,9H,1H3. The Hall–Kier alpha value is -0.900. The Kier molecular flexibility index (Phi) is 2.24. The Morgan fingerprint density at radius 1 is 1.55 bits per heavy atom. The first kappa shape index (κ1) is 8.20. The molecule has 0 radical (unpaired) electrons. The van der Waals surface area contributed by atoms with Crippen LogP contribution >= 0.6 is 0 Å². The molecule has 0 amide bonds. The molecule has 0 heterocycles. The molecule has 0 saturated carbocycles. The van der Waals surface area contributed by atoms with Crippen molar-refractivity contribution in [2.24, 2.45) is 0 Å². The quantitative estimate of drug-likeness (QED) is 0.696. The molecule has 2 nitrogen and oxygen atoms in total. The third-order valence-corrected chi connectivity index (χ3v) is 2.16. The average molecular weight is 174 g/mol. The fourth-order valence-corrected chi connectivity index (χ4v) is 1.34. The average Bonchev–Trinajstić information content (AvgIpc) is 1.94. The Balaban J connectivity index is 3.23. The second-order valence-electron chi connectivity index (χ2n) is 2.07. The molecule has 0 saturated heterocycles. The fraction of sp³-hybridized carbons (Fsp3) is 0.143. The van der Waals surface area contributed by atoms with Crippen LogP contribution in [-0.4, -0.2) is 15.6 Å². The van der Waals surface area contributed by atoms with Crippen molar-refractivity contribution in [3.8, 4) is 5.75 Å². The maximum atomic E-state index is 12.7. The molecule has 60 valence electrons. The summed E-state index contributed by atoms with van der Waals surface area (Å²) in [6.45, 7) is 0. The molecule has 1 atom stereocenters. The predicted octanol–water partition coefficient (Wildman–Crippen LogP) is 1.27. The lowest BCUT2D eigenvalue weighted by Crippen LogP contribution is -1.91. The van der Waals surface area contributed by atoms with E-state index in [-0.39, 0.29) is 10.6 Å². The molecule has 1 unspecified atom stereocenters. The van der Waals surface area contributed by atoms with Gasteiger partial charge in [-0.2, -0.15) is 0 Å². The molecular formula is C7H7FO2S. The van der Waals surface area contributed by atoms with Crippen LogP contribution in [0.25, 0.3) is 0 Å². The van der Waals surface area contributed by atoms with Crippen LogP contribution in [0.2, 0.25) is 0 Å². The van der Waals surface area contributed by atoms with Crippen molar-refractivity contribution in [1.29, 1.82) is 0 Å². The lowest BCUT2D eigenvalue weighted by Gasteiger charge is -1.98. The Morgan fingerprint density at radius 2 is 2.18 bits per heavy atom. The third kappa shape index (κ3) is 1.77. The second-order valence-corrected chi connectivity index (χ2v) is 3.42. The summed E-state index contributed by atoms with van der Waals surface area (Å²) in [5.74, 6) is -0.625. The summed E-state index contributed by atoms with van der Waals surface area (Å²) in [7, 11) is -1.39. The summed E-state index contributed by atoms with van der Waals surface area (Å²) in [5, 5.41) is 8.89. The van der Waals surface area contributed by atoms with Crippen LogP contribution < -0.4 is 0 Å². The first-order chi connectivity index (χ1) is 5.11. The zero-order valence-corrected chi connectivity index (χ0v) is 6.69. The number of phenolic OH excluding ortho intramolecular Hbond substituents is 1.